The fourth-order valence-corrected chi connectivity index (χ4v) is 6.24. The van der Waals surface area contributed by atoms with E-state index >= 15 is 0 Å². The molecule has 2 aromatic heterocycles. The zero-order valence-corrected chi connectivity index (χ0v) is 24.2. The van der Waals surface area contributed by atoms with Crippen LogP contribution in [0.25, 0.3) is 88.8 Å². The maximum atomic E-state index is 6.45. The molecule has 9 aromatic rings. The molecule has 0 aliphatic rings. The highest BCUT2D eigenvalue weighted by atomic mass is 16.3. The molecule has 0 radical (unpaired) electrons. The van der Waals surface area contributed by atoms with E-state index in [2.05, 4.69) is 97.1 Å². The zero-order valence-electron chi connectivity index (χ0n) is 24.2. The Morgan fingerprint density at radius 2 is 1.02 bits per heavy atom. The maximum absolute atomic E-state index is 6.45. The van der Waals surface area contributed by atoms with Crippen LogP contribution in [0.1, 0.15) is 0 Å². The Bertz CT molecular complexity index is 2520. The number of fused-ring (bicyclic) bond motifs is 6. The molecule has 0 aliphatic carbocycles. The number of aromatic nitrogens is 3. The zero-order chi connectivity index (χ0) is 29.7. The van der Waals surface area contributed by atoms with Crippen molar-refractivity contribution in [1.82, 2.24) is 15.0 Å². The highest BCUT2D eigenvalue weighted by molar-refractivity contribution is 6.18. The first kappa shape index (κ1) is 25.4. The normalized spacial score (nSPS) is 11.6. The van der Waals surface area contributed by atoms with Crippen molar-refractivity contribution in [3.8, 4) is 45.2 Å². The molecule has 4 heteroatoms. The van der Waals surface area contributed by atoms with Gasteiger partial charge in [0, 0.05) is 27.5 Å². The van der Waals surface area contributed by atoms with Crippen molar-refractivity contribution < 1.29 is 4.42 Å². The molecule has 0 N–H and O–H groups in total. The molecule has 0 atom stereocenters. The minimum absolute atomic E-state index is 0.618. The molecule has 0 amide bonds. The first-order valence-corrected chi connectivity index (χ1v) is 15.0. The van der Waals surface area contributed by atoms with Crippen molar-refractivity contribution in [2.75, 3.05) is 0 Å². The highest BCUT2D eigenvalue weighted by Gasteiger charge is 2.16. The molecule has 0 unspecified atom stereocenters. The summed E-state index contributed by atoms with van der Waals surface area (Å²) < 4.78 is 6.45. The Balaban J connectivity index is 1.22. The van der Waals surface area contributed by atoms with Crippen LogP contribution in [0.3, 0.4) is 0 Å². The van der Waals surface area contributed by atoms with Crippen LogP contribution in [0, 0.1) is 0 Å². The van der Waals surface area contributed by atoms with Gasteiger partial charge in [-0.25, -0.2) is 15.0 Å². The molecule has 7 aromatic carbocycles. The maximum Gasteiger partial charge on any atom is 0.227 e. The van der Waals surface area contributed by atoms with E-state index in [0.717, 1.165) is 65.9 Å². The van der Waals surface area contributed by atoms with Gasteiger partial charge in [-0.2, -0.15) is 0 Å². The Hall–Kier alpha value is -6.13. The molecule has 210 valence electrons. The van der Waals surface area contributed by atoms with E-state index in [1.807, 2.05) is 54.6 Å². The summed E-state index contributed by atoms with van der Waals surface area (Å²) in [5.41, 5.74) is 8.77. The number of rotatable bonds is 4. The van der Waals surface area contributed by atoms with Gasteiger partial charge >= 0.3 is 0 Å². The lowest BCUT2D eigenvalue weighted by molar-refractivity contribution is 0.623. The van der Waals surface area contributed by atoms with Gasteiger partial charge in [0.25, 0.3) is 0 Å². The van der Waals surface area contributed by atoms with E-state index in [4.69, 9.17) is 19.4 Å². The number of oxazole rings is 1. The summed E-state index contributed by atoms with van der Waals surface area (Å²) in [7, 11) is 0. The van der Waals surface area contributed by atoms with Gasteiger partial charge in [0.1, 0.15) is 5.52 Å². The summed E-state index contributed by atoms with van der Waals surface area (Å²) in [5, 5.41) is 5.36. The molecular formula is C41H25N3O. The first-order chi connectivity index (χ1) is 22.3. The highest BCUT2D eigenvalue weighted by Crippen LogP contribution is 2.37. The molecule has 0 bridgehead atoms. The average molecular weight is 576 g/mol. The second kappa shape index (κ2) is 10.2. The minimum atomic E-state index is 0.618. The van der Waals surface area contributed by atoms with Crippen molar-refractivity contribution in [3.05, 3.63) is 152 Å². The van der Waals surface area contributed by atoms with E-state index in [0.29, 0.717) is 11.7 Å². The molecule has 4 nitrogen and oxygen atoms in total. The fraction of sp³-hybridized carbons (Fsp3) is 0. The molecule has 9 rings (SSSR count). The van der Waals surface area contributed by atoms with Gasteiger partial charge in [-0.05, 0) is 57.6 Å². The second-order valence-corrected chi connectivity index (χ2v) is 11.3. The van der Waals surface area contributed by atoms with Gasteiger partial charge in [0.05, 0.1) is 11.2 Å². The smallest absolute Gasteiger partial charge is 0.227 e. The number of hydrogen-bond acceptors (Lipinski definition) is 4. The van der Waals surface area contributed by atoms with Gasteiger partial charge in [-0.15, -0.1) is 0 Å². The van der Waals surface area contributed by atoms with Crippen molar-refractivity contribution in [1.29, 1.82) is 0 Å². The summed E-state index contributed by atoms with van der Waals surface area (Å²) in [6, 6.07) is 52.2. The van der Waals surface area contributed by atoms with Crippen LogP contribution >= 0.6 is 0 Å². The van der Waals surface area contributed by atoms with E-state index in [1.54, 1.807) is 0 Å². The predicted octanol–water partition coefficient (Wildman–Crippen LogP) is 10.7. The van der Waals surface area contributed by atoms with Gasteiger partial charge in [-0.3, -0.25) is 0 Å². The van der Waals surface area contributed by atoms with Gasteiger partial charge in [-0.1, -0.05) is 121 Å². The molecule has 2 heterocycles. The van der Waals surface area contributed by atoms with Gasteiger partial charge in [0.15, 0.2) is 11.4 Å². The molecule has 0 fully saturated rings. The summed E-state index contributed by atoms with van der Waals surface area (Å²) >= 11 is 0. The Kier molecular flexibility index (Phi) is 5.78. The second-order valence-electron chi connectivity index (χ2n) is 11.3. The summed E-state index contributed by atoms with van der Waals surface area (Å²) in [4.78, 5) is 15.1. The number of nitrogens with zero attached hydrogens (tertiary/aromatic N) is 3. The van der Waals surface area contributed by atoms with Crippen LogP contribution in [-0.4, -0.2) is 15.0 Å². The topological polar surface area (TPSA) is 51.8 Å². The van der Waals surface area contributed by atoms with Crippen LogP contribution in [0.4, 0.5) is 0 Å². The third kappa shape index (κ3) is 4.35. The predicted molar refractivity (Wildman–Crippen MR) is 184 cm³/mol. The van der Waals surface area contributed by atoms with Gasteiger partial charge in [0.2, 0.25) is 5.89 Å². The minimum Gasteiger partial charge on any atom is -0.435 e. The molecular weight excluding hydrogens is 550 g/mol. The molecule has 0 spiro atoms. The van der Waals surface area contributed by atoms with E-state index in [1.165, 1.54) is 11.1 Å². The third-order valence-electron chi connectivity index (χ3n) is 8.50. The summed E-state index contributed by atoms with van der Waals surface area (Å²) in [5.74, 6) is 1.30. The van der Waals surface area contributed by atoms with Crippen LogP contribution in [0.5, 0.6) is 0 Å². The first-order valence-electron chi connectivity index (χ1n) is 15.0. The van der Waals surface area contributed by atoms with Crippen LogP contribution in [0.15, 0.2) is 156 Å². The lowest BCUT2D eigenvalue weighted by atomic mass is 9.98. The molecule has 0 saturated carbocycles. The van der Waals surface area contributed by atoms with Crippen molar-refractivity contribution >= 4 is 43.5 Å². The summed E-state index contributed by atoms with van der Waals surface area (Å²) in [6.45, 7) is 0. The lowest BCUT2D eigenvalue weighted by Crippen LogP contribution is -1.95. The Morgan fingerprint density at radius 3 is 1.84 bits per heavy atom. The molecule has 0 aliphatic heterocycles. The average Bonchev–Trinajstić information content (AvgIpc) is 3.56. The number of benzene rings is 7. The lowest BCUT2D eigenvalue weighted by Gasteiger charge is -2.11. The van der Waals surface area contributed by atoms with E-state index in [-0.39, 0.29) is 0 Å². The van der Waals surface area contributed by atoms with Gasteiger partial charge < -0.3 is 4.42 Å². The van der Waals surface area contributed by atoms with Crippen molar-refractivity contribution in [2.24, 2.45) is 0 Å². The van der Waals surface area contributed by atoms with Crippen molar-refractivity contribution in [2.45, 2.75) is 0 Å². The summed E-state index contributed by atoms with van der Waals surface area (Å²) in [6.07, 6.45) is 0. The monoisotopic (exact) mass is 575 g/mol. The van der Waals surface area contributed by atoms with Crippen LogP contribution in [-0.2, 0) is 0 Å². The number of hydrogen-bond donors (Lipinski definition) is 0. The standard InChI is InChI=1S/C41H25N3O/c1-3-9-26(10-4-1)27-15-20-30(21-16-27)38-33-13-7-8-14-35(33)42-40(44-38)32-22-18-28-17-19-29-23-24-36-39(37(29)34(28)25-32)45-41(43-36)31-11-5-2-6-12-31/h1-25H. The third-order valence-corrected chi connectivity index (χ3v) is 8.50. The molecule has 45 heavy (non-hydrogen) atoms. The SMILES string of the molecule is c1ccc(-c2ccc(-c3nc(-c4ccc5ccc6ccc7nc(-c8ccccc8)oc7c6c5c4)nc4ccccc34)cc2)cc1. The fourth-order valence-electron chi connectivity index (χ4n) is 6.24. The van der Waals surface area contributed by atoms with Crippen LogP contribution < -0.4 is 0 Å². The quantitative estimate of drug-likeness (QED) is 0.196. The molecule has 0 saturated heterocycles. The van der Waals surface area contributed by atoms with Crippen LogP contribution in [0.2, 0.25) is 0 Å². The Labute approximate surface area is 259 Å². The van der Waals surface area contributed by atoms with E-state index < -0.39 is 0 Å². The van der Waals surface area contributed by atoms with Crippen molar-refractivity contribution in [3.63, 3.8) is 0 Å². The van der Waals surface area contributed by atoms with E-state index in [9.17, 15) is 0 Å². The Morgan fingerprint density at radius 1 is 0.400 bits per heavy atom. The largest absolute Gasteiger partial charge is 0.435 e. The number of para-hydroxylation sites is 1.